The molecular weight excluding hydrogens is 95.0 g/mol. The molecule has 0 aliphatic rings. The van der Waals surface area contributed by atoms with Crippen molar-refractivity contribution in [1.82, 2.24) is 0 Å². The summed E-state index contributed by atoms with van der Waals surface area (Å²) in [5.74, 6) is -0.833. The molecule has 7 heavy (non-hydrogen) atoms. The van der Waals surface area contributed by atoms with E-state index in [0.29, 0.717) is 0 Å². The van der Waals surface area contributed by atoms with Gasteiger partial charge in [0.15, 0.2) is 0 Å². The van der Waals surface area contributed by atoms with Gasteiger partial charge in [0.25, 0.3) is 5.97 Å². The van der Waals surface area contributed by atoms with Crippen LogP contribution in [0.3, 0.4) is 0 Å². The number of hydrogen-bond acceptors (Lipinski definition) is 1. The molecule has 0 bridgehead atoms. The Morgan fingerprint density at radius 1 is 1.43 bits per heavy atom. The summed E-state index contributed by atoms with van der Waals surface area (Å²) in [5, 5.41) is 7.42. The van der Waals surface area contributed by atoms with Crippen LogP contribution in [0.25, 0.3) is 0 Å². The Morgan fingerprint density at radius 3 is 1.43 bits per heavy atom. The van der Waals surface area contributed by atoms with Crippen molar-refractivity contribution >= 4 is 24.8 Å². The van der Waals surface area contributed by atoms with Crippen LogP contribution in [0.5, 0.6) is 0 Å². The summed E-state index contributed by atoms with van der Waals surface area (Å²) in [5.41, 5.74) is 0. The molecule has 4 nitrogen and oxygen atoms in total. The van der Waals surface area contributed by atoms with Crippen LogP contribution in [-0.2, 0) is 4.79 Å². The smallest absolute Gasteiger partial charge is 0.300 e. The van der Waals surface area contributed by atoms with Gasteiger partial charge < -0.3 is 16.1 Å². The zero-order valence-electron chi connectivity index (χ0n) is 4.36. The second-order valence-corrected chi connectivity index (χ2v) is 0.519. The van der Waals surface area contributed by atoms with Gasteiger partial charge in [-0.05, 0) is 0 Å². The molecule has 5 heteroatoms. The van der Waals surface area contributed by atoms with Crippen LogP contribution in [0.15, 0.2) is 0 Å². The largest absolute Gasteiger partial charge is 0.481 e. The summed E-state index contributed by atoms with van der Waals surface area (Å²) in [6.45, 7) is 1.08. The fourth-order valence-corrected chi connectivity index (χ4v) is 0. The quantitative estimate of drug-likeness (QED) is 0.360. The van der Waals surface area contributed by atoms with E-state index >= 15 is 0 Å². The molecule has 0 aliphatic heterocycles. The van der Waals surface area contributed by atoms with Crippen LogP contribution in [-0.4, -0.2) is 40.9 Å². The minimum atomic E-state index is -0.833. The first-order valence-electron chi connectivity index (χ1n) is 0.928. The number of carbonyl (C=O) groups is 1. The van der Waals surface area contributed by atoms with Gasteiger partial charge in [-0.25, -0.2) is 0 Å². The molecule has 0 aliphatic carbocycles. The van der Waals surface area contributed by atoms with E-state index in [1.807, 2.05) is 0 Å². The van der Waals surface area contributed by atoms with E-state index < -0.39 is 5.97 Å². The molecule has 0 atom stereocenters. The molecule has 1 radical (unpaired) electrons. The standard InChI is InChI=1S/C2H4O2.Li.2H2O/c1-2(3)4;;;/h1H3,(H,3,4);;2*1H2. The molecule has 0 heterocycles. The zero-order chi connectivity index (χ0) is 3.58. The third kappa shape index (κ3) is 600000. The van der Waals surface area contributed by atoms with Crippen molar-refractivity contribution < 1.29 is 20.9 Å². The zero-order valence-corrected chi connectivity index (χ0v) is 4.36. The Labute approximate surface area is 53.3 Å². The van der Waals surface area contributed by atoms with Crippen molar-refractivity contribution in [2.45, 2.75) is 6.92 Å². The second-order valence-electron chi connectivity index (χ2n) is 0.519. The average molecular weight is 103 g/mol. The molecule has 0 fully saturated rings. The van der Waals surface area contributed by atoms with E-state index in [0.717, 1.165) is 6.92 Å². The molecule has 0 unspecified atom stereocenters. The summed E-state index contributed by atoms with van der Waals surface area (Å²) < 4.78 is 0. The fourth-order valence-electron chi connectivity index (χ4n) is 0. The third-order valence-corrected chi connectivity index (χ3v) is 0. The first-order valence-corrected chi connectivity index (χ1v) is 0.928. The van der Waals surface area contributed by atoms with E-state index in [9.17, 15) is 0 Å². The number of hydrogen-bond donors (Lipinski definition) is 1. The van der Waals surface area contributed by atoms with Crippen LogP contribution < -0.4 is 0 Å². The molecule has 0 saturated heterocycles. The molecule has 5 N–H and O–H groups in total. The van der Waals surface area contributed by atoms with Gasteiger partial charge in [0.1, 0.15) is 0 Å². The molecule has 0 aromatic carbocycles. The molecule has 0 rings (SSSR count). The van der Waals surface area contributed by atoms with Gasteiger partial charge >= 0.3 is 0 Å². The Hall–Kier alpha value is -0.0126. The van der Waals surface area contributed by atoms with Gasteiger partial charge in [-0.2, -0.15) is 0 Å². The van der Waals surface area contributed by atoms with Gasteiger partial charge in [-0.15, -0.1) is 0 Å². The SMILES string of the molecule is CC(=O)O.O.O.[Li]. The van der Waals surface area contributed by atoms with Crippen LogP contribution >= 0.6 is 0 Å². The molecule has 0 aromatic rings. The van der Waals surface area contributed by atoms with Crippen molar-refractivity contribution in [1.29, 1.82) is 0 Å². The summed E-state index contributed by atoms with van der Waals surface area (Å²) >= 11 is 0. The monoisotopic (exact) mass is 103 g/mol. The number of carboxylic acids is 1. The maximum atomic E-state index is 9.00. The molecule has 0 aromatic heterocycles. The van der Waals surface area contributed by atoms with Crippen molar-refractivity contribution in [3.63, 3.8) is 0 Å². The van der Waals surface area contributed by atoms with Gasteiger partial charge in [0.2, 0.25) is 0 Å². The second kappa shape index (κ2) is 16.7. The maximum Gasteiger partial charge on any atom is 0.300 e. The first-order chi connectivity index (χ1) is 1.73. The van der Waals surface area contributed by atoms with Crippen LogP contribution in [0.4, 0.5) is 0 Å². The van der Waals surface area contributed by atoms with Crippen LogP contribution in [0, 0.1) is 0 Å². The summed E-state index contributed by atoms with van der Waals surface area (Å²) in [7, 11) is 0. The summed E-state index contributed by atoms with van der Waals surface area (Å²) in [6, 6.07) is 0. The molecular formula is C2H8LiO4. The van der Waals surface area contributed by atoms with E-state index in [-0.39, 0.29) is 29.8 Å². The number of carboxylic acid groups (broad SMARTS) is 1. The molecule has 0 saturated carbocycles. The van der Waals surface area contributed by atoms with Crippen molar-refractivity contribution in [2.75, 3.05) is 0 Å². The fraction of sp³-hybridized carbons (Fsp3) is 0.500. The maximum absolute atomic E-state index is 9.00. The minimum Gasteiger partial charge on any atom is -0.481 e. The molecule has 0 amide bonds. The molecule has 41 valence electrons. The Bertz CT molecular complexity index is 32.7. The molecule has 0 spiro atoms. The third-order valence-electron chi connectivity index (χ3n) is 0. The number of rotatable bonds is 0. The van der Waals surface area contributed by atoms with Gasteiger partial charge in [0, 0.05) is 25.8 Å². The van der Waals surface area contributed by atoms with Crippen molar-refractivity contribution in [3.05, 3.63) is 0 Å². The summed E-state index contributed by atoms with van der Waals surface area (Å²) in [4.78, 5) is 9.00. The van der Waals surface area contributed by atoms with Crippen LogP contribution in [0.2, 0.25) is 0 Å². The van der Waals surface area contributed by atoms with Gasteiger partial charge in [-0.3, -0.25) is 4.79 Å². The van der Waals surface area contributed by atoms with Crippen molar-refractivity contribution in [2.24, 2.45) is 0 Å². The average Bonchev–Trinajstić information content (AvgIpc) is 0.811. The van der Waals surface area contributed by atoms with E-state index in [2.05, 4.69) is 0 Å². The normalized spacial score (nSPS) is 3.57. The Kier molecular flexibility index (Phi) is 66.9. The topological polar surface area (TPSA) is 100 Å². The first kappa shape index (κ1) is 28.1. The van der Waals surface area contributed by atoms with Crippen molar-refractivity contribution in [3.8, 4) is 0 Å². The predicted molar refractivity (Wildman–Crippen MR) is 26.3 cm³/mol. The Balaban J connectivity index is -0.0000000150. The van der Waals surface area contributed by atoms with E-state index in [4.69, 9.17) is 9.90 Å². The van der Waals surface area contributed by atoms with E-state index in [1.165, 1.54) is 0 Å². The van der Waals surface area contributed by atoms with Gasteiger partial charge in [-0.1, -0.05) is 0 Å². The minimum absolute atomic E-state index is 0. The number of aliphatic carboxylic acids is 1. The predicted octanol–water partition coefficient (Wildman–Crippen LogP) is -1.94. The van der Waals surface area contributed by atoms with Gasteiger partial charge in [0.05, 0.1) is 0 Å². The van der Waals surface area contributed by atoms with E-state index in [1.54, 1.807) is 0 Å². The summed E-state index contributed by atoms with van der Waals surface area (Å²) in [6.07, 6.45) is 0. The van der Waals surface area contributed by atoms with Crippen LogP contribution in [0.1, 0.15) is 6.92 Å². The Morgan fingerprint density at radius 2 is 1.43 bits per heavy atom.